The van der Waals surface area contributed by atoms with Crippen molar-refractivity contribution in [2.45, 2.75) is 0 Å². The first-order valence-electron chi connectivity index (χ1n) is 2.04. The zero-order valence-corrected chi connectivity index (χ0v) is 4.29. The quantitative estimate of drug-likeness (QED) is 0.391. The van der Waals surface area contributed by atoms with Gasteiger partial charge in [0.25, 0.3) is 0 Å². The van der Waals surface area contributed by atoms with Crippen molar-refractivity contribution in [2.24, 2.45) is 0 Å². The Morgan fingerprint density at radius 3 is 2.75 bits per heavy atom. The third-order valence-corrected chi connectivity index (χ3v) is 0.434. The summed E-state index contributed by atoms with van der Waals surface area (Å²) in [6.45, 7) is 3.48. The van der Waals surface area contributed by atoms with Crippen LogP contribution in [-0.4, -0.2) is 12.6 Å². The van der Waals surface area contributed by atoms with Gasteiger partial charge in [-0.2, -0.15) is 0 Å². The van der Waals surface area contributed by atoms with E-state index in [1.807, 2.05) is 0 Å². The lowest BCUT2D eigenvalue weighted by Crippen LogP contribution is -1.98. The van der Waals surface area contributed by atoms with Gasteiger partial charge < -0.3 is 4.74 Å². The van der Waals surface area contributed by atoms with E-state index in [9.17, 15) is 9.90 Å². The molecule has 0 bridgehead atoms. The number of rotatable bonds is 3. The van der Waals surface area contributed by atoms with Crippen LogP contribution < -0.4 is 0 Å². The molecule has 0 saturated carbocycles. The predicted molar refractivity (Wildman–Crippen MR) is 26.1 cm³/mol. The van der Waals surface area contributed by atoms with Gasteiger partial charge in [0.05, 0.1) is 0 Å². The molecule has 0 spiro atoms. The minimum atomic E-state index is -0.596. The van der Waals surface area contributed by atoms with Crippen LogP contribution in [-0.2, 0) is 14.6 Å². The lowest BCUT2D eigenvalue weighted by atomic mass is 10.6. The van der Waals surface area contributed by atoms with Gasteiger partial charge in [0.15, 0.2) is 6.61 Å². The molecule has 0 aliphatic rings. The largest absolute Gasteiger partial charge is 0.453 e. The fourth-order valence-corrected chi connectivity index (χ4v) is 0.164. The highest BCUT2D eigenvalue weighted by Crippen LogP contribution is 1.81. The average molecular weight is 114 g/mol. The third kappa shape index (κ3) is 3.36. The first-order valence-corrected chi connectivity index (χ1v) is 2.04. The Balaban J connectivity index is 3.11. The number of hydrogen-bond acceptors (Lipinski definition) is 2. The summed E-state index contributed by atoms with van der Waals surface area (Å²) in [6.07, 6.45) is 0.992. The Labute approximate surface area is 47.6 Å². The lowest BCUT2D eigenvalue weighted by molar-refractivity contribution is -0.135. The van der Waals surface area contributed by atoms with Crippen molar-refractivity contribution in [3.8, 4) is 0 Å². The van der Waals surface area contributed by atoms with Crippen LogP contribution in [0.3, 0.4) is 0 Å². The summed E-state index contributed by atoms with van der Waals surface area (Å²) in [7, 11) is 0. The molecule has 0 aromatic carbocycles. The number of carbonyl (C=O) groups is 1. The number of carbonyl (C=O) groups excluding carboxylic acids is 1. The molecule has 0 N–H and O–H groups in total. The fraction of sp³-hybridized carbons (Fsp3) is 0.200. The number of esters is 1. The summed E-state index contributed by atoms with van der Waals surface area (Å²) in [6, 6.07) is 0. The van der Waals surface area contributed by atoms with Gasteiger partial charge in [0.1, 0.15) is 6.61 Å². The van der Waals surface area contributed by atoms with Gasteiger partial charge in [0.2, 0.25) is 0 Å². The van der Waals surface area contributed by atoms with Gasteiger partial charge in [-0.25, -0.2) is 9.90 Å². The molecule has 0 heterocycles. The van der Waals surface area contributed by atoms with Crippen molar-refractivity contribution >= 4 is 5.97 Å². The SMILES string of the molecule is C=CC(=O)O[CH]C[O]. The van der Waals surface area contributed by atoms with Crippen molar-refractivity contribution in [2.75, 3.05) is 6.61 Å². The second kappa shape index (κ2) is 4.33. The van der Waals surface area contributed by atoms with Crippen LogP contribution in [0.1, 0.15) is 0 Å². The summed E-state index contributed by atoms with van der Waals surface area (Å²) in [5, 5.41) is 9.58. The highest BCUT2D eigenvalue weighted by atomic mass is 16.5. The van der Waals surface area contributed by atoms with Crippen LogP contribution in [0.2, 0.25) is 0 Å². The molecule has 0 atom stereocenters. The molecule has 0 fully saturated rings. The molecule has 44 valence electrons. The molecule has 0 amide bonds. The zero-order valence-electron chi connectivity index (χ0n) is 4.29. The van der Waals surface area contributed by atoms with E-state index in [0.717, 1.165) is 12.7 Å². The molecule has 3 heteroatoms. The van der Waals surface area contributed by atoms with E-state index in [1.54, 1.807) is 0 Å². The smallest absolute Gasteiger partial charge is 0.330 e. The van der Waals surface area contributed by atoms with Gasteiger partial charge >= 0.3 is 5.97 Å². The normalized spacial score (nSPS) is 8.12. The maximum absolute atomic E-state index is 10.1. The minimum Gasteiger partial charge on any atom is -0.453 e. The molecule has 0 aliphatic carbocycles. The van der Waals surface area contributed by atoms with Crippen LogP contribution in [0.4, 0.5) is 0 Å². The summed E-state index contributed by atoms with van der Waals surface area (Å²) in [5.74, 6) is -0.596. The van der Waals surface area contributed by atoms with E-state index >= 15 is 0 Å². The molecule has 0 rings (SSSR count). The van der Waals surface area contributed by atoms with Crippen molar-refractivity contribution in [1.29, 1.82) is 0 Å². The maximum atomic E-state index is 10.1. The monoisotopic (exact) mass is 114 g/mol. The van der Waals surface area contributed by atoms with E-state index in [1.165, 1.54) is 0 Å². The maximum Gasteiger partial charge on any atom is 0.330 e. The van der Waals surface area contributed by atoms with E-state index in [-0.39, 0.29) is 0 Å². The molecule has 0 aromatic rings. The lowest BCUT2D eigenvalue weighted by Gasteiger charge is -1.91. The summed E-state index contributed by atoms with van der Waals surface area (Å²) in [5.41, 5.74) is 0. The van der Waals surface area contributed by atoms with Gasteiger partial charge in [0, 0.05) is 6.08 Å². The molecular weight excluding hydrogens is 108 g/mol. The van der Waals surface area contributed by atoms with Crippen LogP contribution >= 0.6 is 0 Å². The van der Waals surface area contributed by atoms with E-state index < -0.39 is 12.6 Å². The Kier molecular flexibility index (Phi) is 3.88. The first-order chi connectivity index (χ1) is 3.81. The van der Waals surface area contributed by atoms with Crippen LogP contribution in [0.25, 0.3) is 0 Å². The zero-order chi connectivity index (χ0) is 6.41. The summed E-state index contributed by atoms with van der Waals surface area (Å²) in [4.78, 5) is 10.1. The Hall–Kier alpha value is -0.830. The Morgan fingerprint density at radius 2 is 2.38 bits per heavy atom. The van der Waals surface area contributed by atoms with Gasteiger partial charge in [-0.05, 0) is 0 Å². The third-order valence-electron chi connectivity index (χ3n) is 0.434. The van der Waals surface area contributed by atoms with Crippen LogP contribution in [0, 0.1) is 6.61 Å². The summed E-state index contributed by atoms with van der Waals surface area (Å²) < 4.78 is 4.15. The topological polar surface area (TPSA) is 46.2 Å². The second-order valence-electron chi connectivity index (χ2n) is 0.974. The molecule has 2 radical (unpaired) electrons. The molecule has 8 heavy (non-hydrogen) atoms. The first kappa shape index (κ1) is 7.17. The molecular formula is C5H6O3. The van der Waals surface area contributed by atoms with E-state index in [4.69, 9.17) is 0 Å². The van der Waals surface area contributed by atoms with Crippen molar-refractivity contribution in [3.63, 3.8) is 0 Å². The molecule has 3 nitrogen and oxygen atoms in total. The fourth-order valence-electron chi connectivity index (χ4n) is 0.164. The number of hydrogen-bond donors (Lipinski definition) is 0. The average Bonchev–Trinajstić information content (AvgIpc) is 1.83. The molecule has 0 saturated heterocycles. The highest BCUT2D eigenvalue weighted by molar-refractivity contribution is 5.81. The second-order valence-corrected chi connectivity index (χ2v) is 0.974. The molecule has 0 aliphatic heterocycles. The standard InChI is InChI=1S/C5H6O3/c1-2-5(7)8-4-3-6/h2,4H,1,3H2. The summed E-state index contributed by atoms with van der Waals surface area (Å²) >= 11 is 0. The van der Waals surface area contributed by atoms with Crippen molar-refractivity contribution < 1.29 is 14.6 Å². The van der Waals surface area contributed by atoms with Gasteiger partial charge in [-0.15, -0.1) is 0 Å². The van der Waals surface area contributed by atoms with Crippen molar-refractivity contribution in [1.82, 2.24) is 0 Å². The molecule has 0 aromatic heterocycles. The number of ether oxygens (including phenoxy) is 1. The van der Waals surface area contributed by atoms with Gasteiger partial charge in [-0.1, -0.05) is 6.58 Å². The van der Waals surface area contributed by atoms with E-state index in [0.29, 0.717) is 0 Å². The Morgan fingerprint density at radius 1 is 1.75 bits per heavy atom. The highest BCUT2D eigenvalue weighted by Gasteiger charge is 1.91. The predicted octanol–water partition coefficient (Wildman–Crippen LogP) is 0.308. The molecule has 0 unspecified atom stereocenters. The minimum absolute atomic E-state index is 0.514. The van der Waals surface area contributed by atoms with Crippen LogP contribution in [0.5, 0.6) is 0 Å². The van der Waals surface area contributed by atoms with Crippen LogP contribution in [0.15, 0.2) is 12.7 Å². The van der Waals surface area contributed by atoms with Crippen molar-refractivity contribution in [3.05, 3.63) is 19.3 Å². The van der Waals surface area contributed by atoms with Gasteiger partial charge in [-0.3, -0.25) is 0 Å². The Bertz CT molecular complexity index is 87.7. The van der Waals surface area contributed by atoms with E-state index in [2.05, 4.69) is 11.3 Å².